The molecule has 0 aromatic heterocycles. The van der Waals surface area contributed by atoms with Gasteiger partial charge in [0.05, 0.1) is 6.54 Å². The molecule has 1 N–H and O–H groups in total. The Morgan fingerprint density at radius 3 is 2.59 bits per heavy atom. The zero-order valence-corrected chi connectivity index (χ0v) is 16.7. The molecule has 1 saturated heterocycles. The van der Waals surface area contributed by atoms with Crippen LogP contribution in [0.4, 0.5) is 4.79 Å². The molecular weight excluding hydrogens is 364 g/mol. The topological polar surface area (TPSA) is 66.5 Å². The second-order valence-electron chi connectivity index (χ2n) is 7.96. The first-order chi connectivity index (χ1) is 14.0. The van der Waals surface area contributed by atoms with E-state index in [2.05, 4.69) is 12.2 Å². The highest BCUT2D eigenvalue weighted by Crippen LogP contribution is 2.39. The second-order valence-corrected chi connectivity index (χ2v) is 7.96. The minimum absolute atomic E-state index is 0.226. The Bertz CT molecular complexity index is 951. The largest absolute Gasteiger partial charge is 0.325 e. The first-order valence-corrected chi connectivity index (χ1v) is 10.4. The van der Waals surface area contributed by atoms with E-state index in [9.17, 15) is 14.4 Å². The number of amides is 3. The summed E-state index contributed by atoms with van der Waals surface area (Å²) in [5, 5.41) is 2.93. The summed E-state index contributed by atoms with van der Waals surface area (Å²) in [6, 6.07) is 14.8. The van der Waals surface area contributed by atoms with Gasteiger partial charge in [0.25, 0.3) is 5.91 Å². The molecule has 2 aromatic rings. The van der Waals surface area contributed by atoms with Crippen molar-refractivity contribution in [3.8, 4) is 0 Å². The minimum Gasteiger partial charge on any atom is -0.319 e. The van der Waals surface area contributed by atoms with Crippen LogP contribution in [-0.2, 0) is 23.2 Å². The van der Waals surface area contributed by atoms with Gasteiger partial charge in [-0.15, -0.1) is 0 Å². The van der Waals surface area contributed by atoms with Crippen LogP contribution in [0.15, 0.2) is 48.5 Å². The Morgan fingerprint density at radius 2 is 1.83 bits per heavy atom. The molecule has 0 radical (unpaired) electrons. The van der Waals surface area contributed by atoms with Gasteiger partial charge in [0.15, 0.2) is 5.78 Å². The van der Waals surface area contributed by atoms with Crippen molar-refractivity contribution in [1.29, 1.82) is 0 Å². The van der Waals surface area contributed by atoms with Gasteiger partial charge in [-0.25, -0.2) is 4.79 Å². The van der Waals surface area contributed by atoms with Gasteiger partial charge >= 0.3 is 6.03 Å². The lowest BCUT2D eigenvalue weighted by molar-refractivity contribution is -0.131. The predicted octanol–water partition coefficient (Wildman–Crippen LogP) is 4.00. The number of Topliss-reactive ketones (excluding diaryl/α,β-unsaturated/α-hetero) is 1. The number of hydrogen-bond donors (Lipinski definition) is 1. The number of rotatable bonds is 5. The van der Waals surface area contributed by atoms with E-state index in [4.69, 9.17) is 0 Å². The third-order valence-corrected chi connectivity index (χ3v) is 6.02. The first kappa shape index (κ1) is 19.4. The number of carbonyl (C=O) groups excluding carboxylic acids is 3. The molecule has 5 nitrogen and oxygen atoms in total. The molecule has 3 amide bonds. The predicted molar refractivity (Wildman–Crippen MR) is 111 cm³/mol. The van der Waals surface area contributed by atoms with Gasteiger partial charge in [-0.3, -0.25) is 14.5 Å². The van der Waals surface area contributed by atoms with E-state index in [1.54, 1.807) is 12.1 Å². The monoisotopic (exact) mass is 390 g/mol. The maximum atomic E-state index is 13.4. The lowest BCUT2D eigenvalue weighted by atomic mass is 9.84. The van der Waals surface area contributed by atoms with Crippen molar-refractivity contribution in [1.82, 2.24) is 10.2 Å². The van der Waals surface area contributed by atoms with E-state index in [1.807, 2.05) is 36.4 Å². The Kier molecular flexibility index (Phi) is 5.22. The van der Waals surface area contributed by atoms with Gasteiger partial charge in [-0.2, -0.15) is 0 Å². The number of hydrogen-bond acceptors (Lipinski definition) is 3. The lowest BCUT2D eigenvalue weighted by Gasteiger charge is -2.27. The molecule has 1 fully saturated rings. The Balaban J connectivity index is 1.58. The van der Waals surface area contributed by atoms with Crippen molar-refractivity contribution in [2.24, 2.45) is 0 Å². The van der Waals surface area contributed by atoms with Gasteiger partial charge in [0.2, 0.25) is 0 Å². The Morgan fingerprint density at radius 1 is 1.07 bits per heavy atom. The Labute approximate surface area is 171 Å². The lowest BCUT2D eigenvalue weighted by Crippen LogP contribution is -2.44. The van der Waals surface area contributed by atoms with Gasteiger partial charge < -0.3 is 5.32 Å². The summed E-state index contributed by atoms with van der Waals surface area (Å²) in [5.74, 6) is -0.539. The number of imide groups is 1. The van der Waals surface area contributed by atoms with Crippen LogP contribution in [0.2, 0.25) is 0 Å². The molecule has 150 valence electrons. The van der Waals surface area contributed by atoms with Crippen LogP contribution >= 0.6 is 0 Å². The normalized spacial score (nSPS) is 21.1. The number of urea groups is 1. The molecule has 1 spiro atoms. The molecule has 1 unspecified atom stereocenters. The van der Waals surface area contributed by atoms with Crippen LogP contribution in [0, 0.1) is 0 Å². The maximum Gasteiger partial charge on any atom is 0.325 e. The highest BCUT2D eigenvalue weighted by Gasteiger charge is 2.53. The fourth-order valence-corrected chi connectivity index (χ4v) is 4.50. The zero-order chi connectivity index (χ0) is 20.4. The van der Waals surface area contributed by atoms with E-state index < -0.39 is 11.6 Å². The molecule has 2 aromatic carbocycles. The summed E-state index contributed by atoms with van der Waals surface area (Å²) in [7, 11) is 0. The second kappa shape index (κ2) is 7.82. The van der Waals surface area contributed by atoms with E-state index in [1.165, 1.54) is 5.56 Å². The van der Waals surface area contributed by atoms with Gasteiger partial charge in [-0.05, 0) is 48.8 Å². The van der Waals surface area contributed by atoms with Crippen LogP contribution in [0.5, 0.6) is 0 Å². The van der Waals surface area contributed by atoms with E-state index >= 15 is 0 Å². The molecule has 4 rings (SSSR count). The number of fused-ring (bicyclic) bond motifs is 2. The van der Waals surface area contributed by atoms with Crippen molar-refractivity contribution in [2.45, 2.75) is 51.0 Å². The summed E-state index contributed by atoms with van der Waals surface area (Å²) in [6.45, 7) is 1.87. The maximum absolute atomic E-state index is 13.4. The molecule has 2 aliphatic rings. The minimum atomic E-state index is -1.05. The number of nitrogens with zero attached hydrogens (tertiary/aromatic N) is 1. The smallest absolute Gasteiger partial charge is 0.319 e. The molecule has 1 heterocycles. The molecule has 1 aliphatic heterocycles. The molecule has 0 saturated carbocycles. The molecule has 0 bridgehead atoms. The molecular formula is C24H26N2O3. The van der Waals surface area contributed by atoms with Crippen LogP contribution in [-0.4, -0.2) is 29.2 Å². The highest BCUT2D eigenvalue weighted by molar-refractivity contribution is 6.11. The highest BCUT2D eigenvalue weighted by atomic mass is 16.2. The number of ketones is 1. The fraction of sp³-hybridized carbons (Fsp3) is 0.375. The van der Waals surface area contributed by atoms with Gasteiger partial charge in [-0.1, -0.05) is 61.9 Å². The van der Waals surface area contributed by atoms with E-state index in [0.717, 1.165) is 48.1 Å². The van der Waals surface area contributed by atoms with Crippen molar-refractivity contribution in [3.05, 3.63) is 70.8 Å². The summed E-state index contributed by atoms with van der Waals surface area (Å²) in [5.41, 5.74) is 2.61. The molecule has 5 heteroatoms. The summed E-state index contributed by atoms with van der Waals surface area (Å²) in [4.78, 5) is 40.0. The average Bonchev–Trinajstić information content (AvgIpc) is 2.87. The van der Waals surface area contributed by atoms with Crippen molar-refractivity contribution in [3.63, 3.8) is 0 Å². The van der Waals surface area contributed by atoms with Gasteiger partial charge in [0.1, 0.15) is 5.54 Å². The van der Waals surface area contributed by atoms with Crippen molar-refractivity contribution in [2.75, 3.05) is 6.54 Å². The first-order valence-electron chi connectivity index (χ1n) is 10.4. The van der Waals surface area contributed by atoms with Crippen LogP contribution in [0.25, 0.3) is 0 Å². The number of aryl methyl sites for hydroxylation is 2. The number of benzene rings is 2. The van der Waals surface area contributed by atoms with E-state index in [-0.39, 0.29) is 18.2 Å². The van der Waals surface area contributed by atoms with Crippen molar-refractivity contribution < 1.29 is 14.4 Å². The van der Waals surface area contributed by atoms with E-state index in [0.29, 0.717) is 12.0 Å². The molecule has 29 heavy (non-hydrogen) atoms. The fourth-order valence-electron chi connectivity index (χ4n) is 4.50. The van der Waals surface area contributed by atoms with Gasteiger partial charge in [0, 0.05) is 5.56 Å². The SMILES string of the molecule is CCCc1ccc(C(=O)CN2C(=O)NC3(CCCCc4ccccc43)C2=O)cc1. The van der Waals surface area contributed by atoms with Crippen LogP contribution < -0.4 is 5.32 Å². The Hall–Kier alpha value is -2.95. The summed E-state index contributed by atoms with van der Waals surface area (Å²) in [6.07, 6.45) is 5.28. The van der Waals surface area contributed by atoms with Crippen molar-refractivity contribution >= 4 is 17.7 Å². The quantitative estimate of drug-likeness (QED) is 0.620. The average molecular weight is 390 g/mol. The van der Waals surface area contributed by atoms with Crippen LogP contribution in [0.3, 0.4) is 0 Å². The standard InChI is InChI=1S/C24H26N2O3/c1-2-7-17-11-13-19(14-12-17)21(27)16-26-22(28)24(25-23(26)29)15-6-5-9-18-8-3-4-10-20(18)24/h3-4,8,10-14H,2,5-7,9,15-16H2,1H3,(H,25,29). The summed E-state index contributed by atoms with van der Waals surface area (Å²) >= 11 is 0. The molecule has 1 atom stereocenters. The number of nitrogens with one attached hydrogen (secondary N) is 1. The molecule has 1 aliphatic carbocycles. The zero-order valence-electron chi connectivity index (χ0n) is 16.7. The third kappa shape index (κ3) is 3.46. The summed E-state index contributed by atoms with van der Waals surface area (Å²) < 4.78 is 0. The number of carbonyl (C=O) groups is 3. The van der Waals surface area contributed by atoms with Crippen LogP contribution in [0.1, 0.15) is 59.7 Å². The third-order valence-electron chi connectivity index (χ3n) is 6.02.